The molecule has 0 radical (unpaired) electrons. The molecule has 1 N–H and O–H groups in total. The summed E-state index contributed by atoms with van der Waals surface area (Å²) in [6.07, 6.45) is 1.67. The van der Waals surface area contributed by atoms with E-state index in [4.69, 9.17) is 9.15 Å². The number of nitrogens with one attached hydrogen (secondary N) is 1. The second-order valence-electron chi connectivity index (χ2n) is 2.99. The van der Waals surface area contributed by atoms with E-state index in [0.717, 1.165) is 5.76 Å². The fraction of sp³-hybridized carbons (Fsp3) is 0.667. The molecule has 2 unspecified atom stereocenters. The Morgan fingerprint density at radius 1 is 1.54 bits per heavy atom. The molecule has 2 atom stereocenters. The highest BCUT2D eigenvalue weighted by atomic mass is 16.5. The molecule has 1 aromatic rings. The van der Waals surface area contributed by atoms with Gasteiger partial charge in [-0.15, -0.1) is 0 Å². The molecule has 4 heteroatoms. The first kappa shape index (κ1) is 10.2. The van der Waals surface area contributed by atoms with E-state index in [0.29, 0.717) is 5.89 Å². The van der Waals surface area contributed by atoms with Gasteiger partial charge in [0, 0.05) is 7.11 Å². The van der Waals surface area contributed by atoms with E-state index in [2.05, 4.69) is 10.3 Å². The lowest BCUT2D eigenvalue weighted by molar-refractivity contribution is 0.0976. The van der Waals surface area contributed by atoms with Crippen LogP contribution in [0.2, 0.25) is 0 Å². The number of hydrogen-bond acceptors (Lipinski definition) is 4. The third kappa shape index (κ3) is 2.29. The van der Waals surface area contributed by atoms with Crippen LogP contribution in [0.1, 0.15) is 37.6 Å². The maximum Gasteiger partial charge on any atom is 0.211 e. The quantitative estimate of drug-likeness (QED) is 0.773. The Hall–Kier alpha value is -0.870. The lowest BCUT2D eigenvalue weighted by atomic mass is 10.3. The molecule has 4 nitrogen and oxygen atoms in total. The zero-order chi connectivity index (χ0) is 9.84. The number of hydrogen-bond donors (Lipinski definition) is 1. The van der Waals surface area contributed by atoms with E-state index < -0.39 is 0 Å². The number of methoxy groups -OCH3 is 1. The van der Waals surface area contributed by atoms with Crippen LogP contribution < -0.4 is 5.32 Å². The van der Waals surface area contributed by atoms with Gasteiger partial charge in [0.15, 0.2) is 5.76 Å². The first-order valence-electron chi connectivity index (χ1n) is 4.34. The molecule has 1 heterocycles. The minimum absolute atomic E-state index is 0.0368. The van der Waals surface area contributed by atoms with Crippen LogP contribution in [0.15, 0.2) is 10.6 Å². The van der Waals surface area contributed by atoms with Gasteiger partial charge >= 0.3 is 0 Å². The summed E-state index contributed by atoms with van der Waals surface area (Å²) in [5.41, 5.74) is 0. The highest BCUT2D eigenvalue weighted by Crippen LogP contribution is 2.19. The number of nitrogens with zero attached hydrogens (tertiary/aromatic N) is 1. The molecular weight excluding hydrogens is 168 g/mol. The minimum Gasteiger partial charge on any atom is -0.441 e. The molecule has 1 rings (SSSR count). The number of rotatable bonds is 4. The normalized spacial score (nSPS) is 15.7. The van der Waals surface area contributed by atoms with E-state index >= 15 is 0 Å². The van der Waals surface area contributed by atoms with Crippen LogP contribution in [0.5, 0.6) is 0 Å². The van der Waals surface area contributed by atoms with Crippen molar-refractivity contribution in [2.24, 2.45) is 0 Å². The Morgan fingerprint density at radius 3 is 2.77 bits per heavy atom. The fourth-order valence-corrected chi connectivity index (χ4v) is 0.928. The van der Waals surface area contributed by atoms with E-state index in [1.165, 1.54) is 0 Å². The summed E-state index contributed by atoms with van der Waals surface area (Å²) in [5.74, 6) is 1.46. The van der Waals surface area contributed by atoms with Gasteiger partial charge in [0.25, 0.3) is 0 Å². The molecule has 0 aliphatic carbocycles. The smallest absolute Gasteiger partial charge is 0.211 e. The highest BCUT2D eigenvalue weighted by molar-refractivity contribution is 4.99. The SMILES string of the molecule is CNC(C)c1ncc(C(C)OC)o1. The number of aromatic nitrogens is 1. The molecule has 1 aromatic heterocycles. The maximum atomic E-state index is 5.49. The Bertz CT molecular complexity index is 235. The third-order valence-electron chi connectivity index (χ3n) is 2.10. The monoisotopic (exact) mass is 184 g/mol. The molecule has 0 aliphatic heterocycles. The van der Waals surface area contributed by atoms with Crippen molar-refractivity contribution in [1.82, 2.24) is 10.3 Å². The Balaban J connectivity index is 2.74. The van der Waals surface area contributed by atoms with E-state index in [-0.39, 0.29) is 12.1 Å². The van der Waals surface area contributed by atoms with Crippen LogP contribution in [0, 0.1) is 0 Å². The van der Waals surface area contributed by atoms with Crippen molar-refractivity contribution in [3.05, 3.63) is 17.8 Å². The van der Waals surface area contributed by atoms with Crippen LogP contribution in [-0.2, 0) is 4.74 Å². The predicted octanol–water partition coefficient (Wildman–Crippen LogP) is 1.66. The molecule has 0 saturated heterocycles. The van der Waals surface area contributed by atoms with Crippen LogP contribution in [0.4, 0.5) is 0 Å². The van der Waals surface area contributed by atoms with Gasteiger partial charge in [0.2, 0.25) is 5.89 Å². The summed E-state index contributed by atoms with van der Waals surface area (Å²) < 4.78 is 10.6. The Labute approximate surface area is 78.3 Å². The van der Waals surface area contributed by atoms with Gasteiger partial charge < -0.3 is 14.5 Å². The van der Waals surface area contributed by atoms with Crippen molar-refractivity contribution in [3.63, 3.8) is 0 Å². The van der Waals surface area contributed by atoms with Crippen molar-refractivity contribution >= 4 is 0 Å². The van der Waals surface area contributed by atoms with Crippen molar-refractivity contribution < 1.29 is 9.15 Å². The van der Waals surface area contributed by atoms with Gasteiger partial charge in [0.1, 0.15) is 6.10 Å². The van der Waals surface area contributed by atoms with Gasteiger partial charge in [-0.25, -0.2) is 4.98 Å². The summed E-state index contributed by atoms with van der Waals surface area (Å²) in [4.78, 5) is 4.15. The second kappa shape index (κ2) is 4.39. The Kier molecular flexibility index (Phi) is 3.45. The summed E-state index contributed by atoms with van der Waals surface area (Å²) in [6, 6.07) is 0.137. The lowest BCUT2D eigenvalue weighted by Crippen LogP contribution is -2.12. The minimum atomic E-state index is -0.0368. The molecule has 0 fully saturated rings. The Morgan fingerprint density at radius 2 is 2.23 bits per heavy atom. The third-order valence-corrected chi connectivity index (χ3v) is 2.10. The molecule has 0 amide bonds. The summed E-state index contributed by atoms with van der Waals surface area (Å²) >= 11 is 0. The molecule has 0 aromatic carbocycles. The average Bonchev–Trinajstić information content (AvgIpc) is 2.64. The van der Waals surface area contributed by atoms with Gasteiger partial charge in [-0.2, -0.15) is 0 Å². The molecule has 0 bridgehead atoms. The van der Waals surface area contributed by atoms with E-state index in [1.807, 2.05) is 20.9 Å². The molecule has 0 spiro atoms. The first-order valence-corrected chi connectivity index (χ1v) is 4.34. The molecule has 0 saturated carbocycles. The van der Waals surface area contributed by atoms with Gasteiger partial charge in [0.05, 0.1) is 12.2 Å². The predicted molar refractivity (Wildman–Crippen MR) is 49.4 cm³/mol. The van der Waals surface area contributed by atoms with Gasteiger partial charge in [-0.05, 0) is 20.9 Å². The zero-order valence-corrected chi connectivity index (χ0v) is 8.50. The van der Waals surface area contributed by atoms with E-state index in [9.17, 15) is 0 Å². The summed E-state index contributed by atoms with van der Waals surface area (Å²) in [6.45, 7) is 3.92. The van der Waals surface area contributed by atoms with Crippen LogP contribution >= 0.6 is 0 Å². The van der Waals surface area contributed by atoms with Crippen LogP contribution in [-0.4, -0.2) is 19.1 Å². The number of ether oxygens (including phenoxy) is 1. The molecular formula is C9H16N2O2. The van der Waals surface area contributed by atoms with Crippen molar-refractivity contribution in [2.45, 2.75) is 26.0 Å². The van der Waals surface area contributed by atoms with Crippen molar-refractivity contribution in [1.29, 1.82) is 0 Å². The topological polar surface area (TPSA) is 47.3 Å². The molecule has 0 aliphatic rings. The fourth-order valence-electron chi connectivity index (χ4n) is 0.928. The summed E-state index contributed by atoms with van der Waals surface area (Å²) in [5, 5.41) is 3.05. The molecule has 74 valence electrons. The van der Waals surface area contributed by atoms with Crippen LogP contribution in [0.3, 0.4) is 0 Å². The van der Waals surface area contributed by atoms with Gasteiger partial charge in [-0.3, -0.25) is 0 Å². The molecule has 13 heavy (non-hydrogen) atoms. The van der Waals surface area contributed by atoms with Crippen molar-refractivity contribution in [3.8, 4) is 0 Å². The standard InChI is InChI=1S/C9H16N2O2/c1-6(10-3)9-11-5-8(13-9)7(2)12-4/h5-7,10H,1-4H3. The van der Waals surface area contributed by atoms with E-state index in [1.54, 1.807) is 13.3 Å². The largest absolute Gasteiger partial charge is 0.441 e. The maximum absolute atomic E-state index is 5.49. The second-order valence-corrected chi connectivity index (χ2v) is 2.99. The average molecular weight is 184 g/mol. The van der Waals surface area contributed by atoms with Crippen LogP contribution in [0.25, 0.3) is 0 Å². The lowest BCUT2D eigenvalue weighted by Gasteiger charge is -2.06. The summed E-state index contributed by atoms with van der Waals surface area (Å²) in [7, 11) is 3.52. The highest BCUT2D eigenvalue weighted by Gasteiger charge is 2.13. The number of oxazole rings is 1. The first-order chi connectivity index (χ1) is 6.19. The van der Waals surface area contributed by atoms with Crippen molar-refractivity contribution in [2.75, 3.05) is 14.2 Å². The zero-order valence-electron chi connectivity index (χ0n) is 8.50. The van der Waals surface area contributed by atoms with Gasteiger partial charge in [-0.1, -0.05) is 0 Å².